The van der Waals surface area contributed by atoms with Crippen LogP contribution in [0.3, 0.4) is 0 Å². The Balaban J connectivity index is 1.91. The summed E-state index contributed by atoms with van der Waals surface area (Å²) in [5.74, 6) is 1.82. The first-order valence-corrected chi connectivity index (χ1v) is 6.89. The molecule has 1 fully saturated rings. The predicted octanol–water partition coefficient (Wildman–Crippen LogP) is 2.49. The number of likely N-dealkylation sites (N-methyl/N-ethyl adjacent to an activating group) is 1. The van der Waals surface area contributed by atoms with Crippen LogP contribution in [0.4, 0.5) is 0 Å². The molecule has 1 aromatic carbocycles. The van der Waals surface area contributed by atoms with Gasteiger partial charge in [0.15, 0.2) is 11.5 Å². The molecule has 1 saturated carbocycles. The van der Waals surface area contributed by atoms with Crippen molar-refractivity contribution in [3.05, 3.63) is 23.8 Å². The van der Waals surface area contributed by atoms with Crippen molar-refractivity contribution in [1.29, 1.82) is 0 Å². The summed E-state index contributed by atoms with van der Waals surface area (Å²) in [5, 5.41) is 3.33. The van der Waals surface area contributed by atoms with Gasteiger partial charge in [0.05, 0.1) is 13.2 Å². The molecule has 1 aromatic rings. The molecule has 1 heterocycles. The summed E-state index contributed by atoms with van der Waals surface area (Å²) >= 11 is 0. The lowest BCUT2D eigenvalue weighted by Gasteiger charge is -2.42. The van der Waals surface area contributed by atoms with Gasteiger partial charge >= 0.3 is 0 Å². The van der Waals surface area contributed by atoms with Gasteiger partial charge in [-0.05, 0) is 37.6 Å². The highest BCUT2D eigenvalue weighted by atomic mass is 16.5. The van der Waals surface area contributed by atoms with Crippen LogP contribution < -0.4 is 14.8 Å². The minimum absolute atomic E-state index is 0.319. The van der Waals surface area contributed by atoms with E-state index in [1.165, 1.54) is 24.8 Å². The smallest absolute Gasteiger partial charge is 0.161 e. The third-order valence-corrected chi connectivity index (χ3v) is 4.19. The lowest BCUT2D eigenvalue weighted by atomic mass is 9.64. The van der Waals surface area contributed by atoms with Gasteiger partial charge in [0.2, 0.25) is 0 Å². The van der Waals surface area contributed by atoms with Gasteiger partial charge in [0.1, 0.15) is 0 Å². The van der Waals surface area contributed by atoms with Crippen LogP contribution >= 0.6 is 0 Å². The zero-order valence-corrected chi connectivity index (χ0v) is 11.0. The second-order valence-electron chi connectivity index (χ2n) is 5.38. The summed E-state index contributed by atoms with van der Waals surface area (Å²) in [6, 6.07) is 6.48. The summed E-state index contributed by atoms with van der Waals surface area (Å²) in [4.78, 5) is 0. The topological polar surface area (TPSA) is 30.5 Å². The number of nitrogens with one attached hydrogen (secondary N) is 1. The number of hydrogen-bond donors (Lipinski definition) is 1. The molecule has 1 N–H and O–H groups in total. The highest BCUT2D eigenvalue weighted by Gasteiger charge is 2.38. The van der Waals surface area contributed by atoms with E-state index in [9.17, 15) is 0 Å². The molecule has 0 saturated heterocycles. The van der Waals surface area contributed by atoms with Crippen LogP contribution in [0, 0.1) is 0 Å². The van der Waals surface area contributed by atoms with Crippen LogP contribution in [0.5, 0.6) is 11.5 Å². The molecule has 0 amide bonds. The Bertz CT molecular complexity index is 427. The van der Waals surface area contributed by atoms with E-state index in [1.807, 2.05) is 7.05 Å². The molecule has 0 aromatic heterocycles. The molecule has 0 spiro atoms. The Hall–Kier alpha value is -1.22. The Morgan fingerprint density at radius 3 is 2.56 bits per heavy atom. The molecular formula is C15H21NO2. The van der Waals surface area contributed by atoms with Crippen LogP contribution in [-0.2, 0) is 5.41 Å². The van der Waals surface area contributed by atoms with Gasteiger partial charge in [-0.3, -0.25) is 0 Å². The maximum Gasteiger partial charge on any atom is 0.161 e. The molecular weight excluding hydrogens is 226 g/mol. The van der Waals surface area contributed by atoms with E-state index in [0.717, 1.165) is 37.7 Å². The molecule has 2 aliphatic rings. The van der Waals surface area contributed by atoms with E-state index in [0.29, 0.717) is 5.41 Å². The number of benzene rings is 1. The van der Waals surface area contributed by atoms with E-state index in [1.54, 1.807) is 0 Å². The van der Waals surface area contributed by atoms with Crippen LogP contribution in [0.25, 0.3) is 0 Å². The van der Waals surface area contributed by atoms with Gasteiger partial charge in [-0.1, -0.05) is 12.5 Å². The van der Waals surface area contributed by atoms with E-state index in [4.69, 9.17) is 9.47 Å². The molecule has 3 nitrogen and oxygen atoms in total. The average molecular weight is 247 g/mol. The van der Waals surface area contributed by atoms with Gasteiger partial charge in [-0.25, -0.2) is 0 Å². The maximum atomic E-state index is 5.79. The Morgan fingerprint density at radius 2 is 1.89 bits per heavy atom. The zero-order valence-electron chi connectivity index (χ0n) is 11.0. The summed E-state index contributed by atoms with van der Waals surface area (Å²) in [6.45, 7) is 2.57. The maximum absolute atomic E-state index is 5.79. The van der Waals surface area contributed by atoms with Crippen molar-refractivity contribution in [2.75, 3.05) is 26.8 Å². The molecule has 98 valence electrons. The van der Waals surface area contributed by atoms with Gasteiger partial charge < -0.3 is 14.8 Å². The van der Waals surface area contributed by atoms with Crippen LogP contribution in [0.2, 0.25) is 0 Å². The van der Waals surface area contributed by atoms with E-state index < -0.39 is 0 Å². The molecule has 1 aliphatic heterocycles. The second-order valence-corrected chi connectivity index (χ2v) is 5.38. The fourth-order valence-electron chi connectivity index (χ4n) is 3.00. The molecule has 0 unspecified atom stereocenters. The normalized spacial score (nSPS) is 20.9. The van der Waals surface area contributed by atoms with Gasteiger partial charge in [0.25, 0.3) is 0 Å². The Morgan fingerprint density at radius 1 is 1.11 bits per heavy atom. The number of rotatable bonds is 3. The average Bonchev–Trinajstić information content (AvgIpc) is 2.58. The Kier molecular flexibility index (Phi) is 3.16. The number of hydrogen-bond acceptors (Lipinski definition) is 3. The molecule has 3 heteroatoms. The quantitative estimate of drug-likeness (QED) is 0.890. The van der Waals surface area contributed by atoms with Gasteiger partial charge in [-0.15, -0.1) is 0 Å². The second kappa shape index (κ2) is 4.81. The summed E-state index contributed by atoms with van der Waals surface area (Å²) < 4.78 is 11.5. The Labute approximate surface area is 108 Å². The van der Waals surface area contributed by atoms with Crippen LogP contribution in [0.1, 0.15) is 31.2 Å². The third-order valence-electron chi connectivity index (χ3n) is 4.19. The summed E-state index contributed by atoms with van der Waals surface area (Å²) in [5.41, 5.74) is 1.71. The predicted molar refractivity (Wildman–Crippen MR) is 71.5 cm³/mol. The standard InChI is InChI=1S/C15H21NO2/c1-16-11-15(6-2-7-15)12-4-5-13-14(10-12)18-9-3-8-17-13/h4-5,10,16H,2-3,6-9,11H2,1H3. The molecule has 0 atom stereocenters. The van der Waals surface area contributed by atoms with E-state index in [2.05, 4.69) is 23.5 Å². The van der Waals surface area contributed by atoms with Gasteiger partial charge in [-0.2, -0.15) is 0 Å². The molecule has 0 radical (unpaired) electrons. The van der Waals surface area contributed by atoms with Crippen molar-refractivity contribution in [2.45, 2.75) is 31.1 Å². The first-order chi connectivity index (χ1) is 8.84. The summed E-state index contributed by atoms with van der Waals surface area (Å²) in [7, 11) is 2.03. The van der Waals surface area contributed by atoms with Crippen molar-refractivity contribution in [3.8, 4) is 11.5 Å². The molecule has 18 heavy (non-hydrogen) atoms. The molecule has 3 rings (SSSR count). The monoisotopic (exact) mass is 247 g/mol. The SMILES string of the molecule is CNCC1(c2ccc3c(c2)OCCCO3)CCC1. The third kappa shape index (κ3) is 1.97. The minimum atomic E-state index is 0.319. The summed E-state index contributed by atoms with van der Waals surface area (Å²) in [6.07, 6.45) is 4.84. The van der Waals surface area contributed by atoms with Crippen LogP contribution in [0.15, 0.2) is 18.2 Å². The van der Waals surface area contributed by atoms with E-state index in [-0.39, 0.29) is 0 Å². The highest BCUT2D eigenvalue weighted by Crippen LogP contribution is 2.45. The van der Waals surface area contributed by atoms with Crippen molar-refractivity contribution < 1.29 is 9.47 Å². The van der Waals surface area contributed by atoms with E-state index >= 15 is 0 Å². The minimum Gasteiger partial charge on any atom is -0.490 e. The van der Waals surface area contributed by atoms with Crippen LogP contribution in [-0.4, -0.2) is 26.8 Å². The lowest BCUT2D eigenvalue weighted by Crippen LogP contribution is -2.42. The first kappa shape index (κ1) is 11.8. The van der Waals surface area contributed by atoms with Gasteiger partial charge in [0, 0.05) is 18.4 Å². The van der Waals surface area contributed by atoms with Crippen molar-refractivity contribution in [2.24, 2.45) is 0 Å². The van der Waals surface area contributed by atoms with Crippen molar-refractivity contribution >= 4 is 0 Å². The number of fused-ring (bicyclic) bond motifs is 1. The number of ether oxygens (including phenoxy) is 2. The van der Waals surface area contributed by atoms with Crippen molar-refractivity contribution in [1.82, 2.24) is 5.32 Å². The molecule has 0 bridgehead atoms. The fraction of sp³-hybridized carbons (Fsp3) is 0.600. The first-order valence-electron chi connectivity index (χ1n) is 6.89. The lowest BCUT2D eigenvalue weighted by molar-refractivity contribution is 0.237. The fourth-order valence-corrected chi connectivity index (χ4v) is 3.00. The largest absolute Gasteiger partial charge is 0.490 e. The zero-order chi connectivity index (χ0) is 12.4. The highest BCUT2D eigenvalue weighted by molar-refractivity contribution is 5.46. The van der Waals surface area contributed by atoms with Crippen molar-refractivity contribution in [3.63, 3.8) is 0 Å². The molecule has 1 aliphatic carbocycles.